The maximum absolute atomic E-state index is 13.1. The topological polar surface area (TPSA) is 20.2 Å². The van der Waals surface area contributed by atoms with Crippen LogP contribution in [-0.4, -0.2) is 9.94 Å². The second-order valence-corrected chi connectivity index (χ2v) is 5.36. The minimum absolute atomic E-state index is 0.0460. The van der Waals surface area contributed by atoms with Gasteiger partial charge in [0.15, 0.2) is 5.60 Å². The fraction of sp³-hybridized carbons (Fsp3) is 0.455. The molecule has 1 N–H and O–H groups in total. The molecule has 21 heavy (non-hydrogen) atoms. The lowest BCUT2D eigenvalue weighted by molar-refractivity contribution is -0.144. The average molecular weight is 387 g/mol. The van der Waals surface area contributed by atoms with Crippen molar-refractivity contribution in [2.45, 2.75) is 29.7 Å². The minimum atomic E-state index is -5.19. The first-order chi connectivity index (χ1) is 9.07. The van der Waals surface area contributed by atoms with Crippen LogP contribution in [0.1, 0.15) is 23.6 Å². The van der Waals surface area contributed by atoms with E-state index in [0.29, 0.717) is 6.92 Å². The fourth-order valence-electron chi connectivity index (χ4n) is 1.40. The van der Waals surface area contributed by atoms with Crippen LogP contribution >= 0.6 is 15.9 Å². The monoisotopic (exact) mass is 386 g/mol. The summed E-state index contributed by atoms with van der Waals surface area (Å²) in [5, 5.41) is 9.57. The first kappa shape index (κ1) is 18.1. The van der Waals surface area contributed by atoms with E-state index in [4.69, 9.17) is 0 Å². The third kappa shape index (κ3) is 3.85. The zero-order valence-corrected chi connectivity index (χ0v) is 11.7. The van der Waals surface area contributed by atoms with Crippen LogP contribution in [0.25, 0.3) is 0 Å². The summed E-state index contributed by atoms with van der Waals surface area (Å²) in [4.78, 5) is -4.13. The quantitative estimate of drug-likeness (QED) is 0.565. The summed E-state index contributed by atoms with van der Waals surface area (Å²) in [6, 6.07) is -0.124. The molecule has 0 amide bonds. The van der Waals surface area contributed by atoms with Crippen molar-refractivity contribution in [2.24, 2.45) is 0 Å². The Morgan fingerprint density at radius 2 is 1.05 bits per heavy atom. The molecule has 0 bridgehead atoms. The summed E-state index contributed by atoms with van der Waals surface area (Å²) in [6.45, 7) is 0.400. The smallest absolute Gasteiger partial charge is 0.378 e. The molecule has 1 nitrogen and oxygen atoms in total. The highest BCUT2D eigenvalue weighted by Gasteiger charge is 2.50. The molecule has 0 aliphatic rings. The minimum Gasteiger partial charge on any atom is -0.378 e. The van der Waals surface area contributed by atoms with E-state index in [0.717, 1.165) is 0 Å². The van der Waals surface area contributed by atoms with Crippen molar-refractivity contribution < 1.29 is 40.2 Å². The van der Waals surface area contributed by atoms with E-state index in [1.807, 2.05) is 0 Å². The molecule has 1 atom stereocenters. The molecule has 0 aliphatic heterocycles. The Kier molecular flexibility index (Phi) is 4.39. The molecule has 1 rings (SSSR count). The highest BCUT2D eigenvalue weighted by Crippen LogP contribution is 2.45. The lowest BCUT2D eigenvalue weighted by atomic mass is 9.92. The Hall–Kier alpha value is -0.900. The van der Waals surface area contributed by atoms with E-state index in [1.54, 1.807) is 15.9 Å². The number of halogens is 9. The molecule has 0 aromatic heterocycles. The molecule has 0 heterocycles. The third-order valence-corrected chi connectivity index (χ3v) is 3.47. The molecule has 0 spiro atoms. The Labute approximate surface area is 121 Å². The summed E-state index contributed by atoms with van der Waals surface area (Å²) in [5.74, 6) is 0. The maximum Gasteiger partial charge on any atom is 0.416 e. The van der Waals surface area contributed by atoms with Crippen LogP contribution < -0.4 is 0 Å². The molecule has 0 fully saturated rings. The number of rotatable bonds is 2. The molecular weight excluding hydrogens is 380 g/mol. The van der Waals surface area contributed by atoms with Crippen LogP contribution in [0.5, 0.6) is 0 Å². The van der Waals surface area contributed by atoms with Crippen LogP contribution in [0.3, 0.4) is 0 Å². The zero-order valence-electron chi connectivity index (χ0n) is 10.1. The summed E-state index contributed by atoms with van der Waals surface area (Å²) >= 11 is 1.74. The number of benzene rings is 1. The fourth-order valence-corrected chi connectivity index (χ4v) is 1.63. The Balaban J connectivity index is 3.61. The molecule has 1 aromatic carbocycles. The average Bonchev–Trinajstić information content (AvgIpc) is 2.24. The number of alkyl halides is 9. The van der Waals surface area contributed by atoms with Gasteiger partial charge in [0.25, 0.3) is 0 Å². The number of hydrogen-bond donors (Lipinski definition) is 1. The largest absolute Gasteiger partial charge is 0.416 e. The number of hydrogen-bond acceptors (Lipinski definition) is 1. The van der Waals surface area contributed by atoms with Crippen molar-refractivity contribution in [3.05, 3.63) is 34.9 Å². The van der Waals surface area contributed by atoms with E-state index < -0.39 is 39.5 Å². The summed E-state index contributed by atoms with van der Waals surface area (Å²) < 4.78 is 102. The van der Waals surface area contributed by atoms with Crippen LogP contribution in [0.15, 0.2) is 18.2 Å². The first-order valence-electron chi connectivity index (χ1n) is 5.16. The Bertz CT molecular complexity index is 494. The second-order valence-electron chi connectivity index (χ2n) is 4.36. The molecule has 1 aromatic rings. The van der Waals surface area contributed by atoms with Crippen molar-refractivity contribution in [1.82, 2.24) is 0 Å². The van der Waals surface area contributed by atoms with Gasteiger partial charge in [0, 0.05) is 0 Å². The zero-order chi connectivity index (χ0) is 16.9. The standard InChI is InChI=1S/C11H7BrF8O/c1-8(21,11(12,19)20)5-2-6(9(13,14)15)4-7(3-5)10(16,17)18/h2-4,21H,1H3. The van der Waals surface area contributed by atoms with Gasteiger partial charge in [-0.05, 0) is 46.6 Å². The van der Waals surface area contributed by atoms with Crippen LogP contribution in [0.2, 0.25) is 0 Å². The van der Waals surface area contributed by atoms with Crippen molar-refractivity contribution in [2.75, 3.05) is 0 Å². The van der Waals surface area contributed by atoms with E-state index in [-0.39, 0.29) is 18.2 Å². The van der Waals surface area contributed by atoms with Crippen LogP contribution in [-0.2, 0) is 18.0 Å². The molecular formula is C11H7BrF8O. The predicted molar refractivity (Wildman–Crippen MR) is 59.9 cm³/mol. The van der Waals surface area contributed by atoms with E-state index >= 15 is 0 Å². The lowest BCUT2D eigenvalue weighted by Crippen LogP contribution is -2.38. The normalized spacial score (nSPS) is 16.7. The molecule has 120 valence electrons. The summed E-state index contributed by atoms with van der Waals surface area (Å²) in [6.07, 6.45) is -10.4. The van der Waals surface area contributed by atoms with Crippen LogP contribution in [0.4, 0.5) is 35.1 Å². The van der Waals surface area contributed by atoms with Crippen molar-refractivity contribution in [1.29, 1.82) is 0 Å². The van der Waals surface area contributed by atoms with E-state index in [1.165, 1.54) is 0 Å². The van der Waals surface area contributed by atoms with E-state index in [9.17, 15) is 40.2 Å². The van der Waals surface area contributed by atoms with Gasteiger partial charge in [0.2, 0.25) is 0 Å². The van der Waals surface area contributed by atoms with Gasteiger partial charge in [0.1, 0.15) is 0 Å². The lowest BCUT2D eigenvalue weighted by Gasteiger charge is -2.30. The van der Waals surface area contributed by atoms with Crippen molar-refractivity contribution >= 4 is 15.9 Å². The van der Waals surface area contributed by atoms with Gasteiger partial charge >= 0.3 is 17.2 Å². The summed E-state index contributed by atoms with van der Waals surface area (Å²) in [5.41, 5.74) is -8.06. The van der Waals surface area contributed by atoms with Gasteiger partial charge < -0.3 is 5.11 Å². The second kappa shape index (κ2) is 5.08. The third-order valence-electron chi connectivity index (χ3n) is 2.70. The van der Waals surface area contributed by atoms with Gasteiger partial charge in [-0.15, -0.1) is 0 Å². The van der Waals surface area contributed by atoms with Gasteiger partial charge in [0.05, 0.1) is 11.1 Å². The van der Waals surface area contributed by atoms with Crippen molar-refractivity contribution in [3.8, 4) is 0 Å². The SMILES string of the molecule is CC(O)(c1cc(C(F)(F)F)cc(C(F)(F)F)c1)C(F)(F)Br. The van der Waals surface area contributed by atoms with Gasteiger partial charge in [-0.1, -0.05) is 0 Å². The highest BCUT2D eigenvalue weighted by atomic mass is 79.9. The Morgan fingerprint density at radius 1 is 0.762 bits per heavy atom. The predicted octanol–water partition coefficient (Wildman–Crippen LogP) is 4.92. The van der Waals surface area contributed by atoms with E-state index in [2.05, 4.69) is 0 Å². The first-order valence-corrected chi connectivity index (χ1v) is 5.95. The van der Waals surface area contributed by atoms with Crippen LogP contribution in [0, 0.1) is 0 Å². The summed E-state index contributed by atoms with van der Waals surface area (Å²) in [7, 11) is 0. The molecule has 0 saturated carbocycles. The molecule has 0 saturated heterocycles. The molecule has 0 radical (unpaired) electrons. The van der Waals surface area contributed by atoms with Gasteiger partial charge in [-0.3, -0.25) is 0 Å². The van der Waals surface area contributed by atoms with Gasteiger partial charge in [-0.2, -0.15) is 35.1 Å². The highest BCUT2D eigenvalue weighted by molar-refractivity contribution is 9.10. The molecule has 10 heteroatoms. The van der Waals surface area contributed by atoms with Crippen molar-refractivity contribution in [3.63, 3.8) is 0 Å². The number of aliphatic hydroxyl groups is 1. The maximum atomic E-state index is 13.1. The molecule has 1 unspecified atom stereocenters. The Morgan fingerprint density at radius 3 is 1.29 bits per heavy atom. The van der Waals surface area contributed by atoms with Gasteiger partial charge in [-0.25, -0.2) is 0 Å². The molecule has 0 aliphatic carbocycles.